The zero-order valence-corrected chi connectivity index (χ0v) is 11.1. The molecule has 0 aliphatic heterocycles. The van der Waals surface area contributed by atoms with Crippen molar-refractivity contribution in [2.45, 2.75) is 6.54 Å². The van der Waals surface area contributed by atoms with E-state index in [9.17, 15) is 9.90 Å². The smallest absolute Gasteiger partial charge is 0.124 e. The first-order valence-corrected chi connectivity index (χ1v) is 6.50. The van der Waals surface area contributed by atoms with E-state index in [2.05, 4.69) is 19.1 Å². The third-order valence-corrected chi connectivity index (χ3v) is 3.38. The van der Waals surface area contributed by atoms with Crippen LogP contribution in [0.3, 0.4) is 0 Å². The molecule has 1 N–H and O–H groups in total. The Morgan fingerprint density at radius 3 is 2.72 bits per heavy atom. The molecule has 0 aliphatic rings. The van der Waals surface area contributed by atoms with E-state index in [1.165, 1.54) is 21.6 Å². The molecule has 2 aromatic rings. The zero-order chi connectivity index (χ0) is 13.1. The number of carbonyl (C=O) groups excluding carboxylic acids is 1. The van der Waals surface area contributed by atoms with Gasteiger partial charge in [0.25, 0.3) is 0 Å². The van der Waals surface area contributed by atoms with E-state index in [0.29, 0.717) is 0 Å². The van der Waals surface area contributed by atoms with Crippen molar-refractivity contribution in [3.8, 4) is 10.6 Å². The van der Waals surface area contributed by atoms with Gasteiger partial charge in [0.05, 0.1) is 25.8 Å². The molecule has 5 heteroatoms. The molecule has 94 valence electrons. The fraction of sp³-hybridized carbons (Fsp3) is 0.231. The Labute approximate surface area is 110 Å². The Balaban J connectivity index is 2.39. The predicted molar refractivity (Wildman–Crippen MR) is 68.4 cm³/mol. The van der Waals surface area contributed by atoms with Crippen LogP contribution in [-0.4, -0.2) is 25.0 Å². The van der Waals surface area contributed by atoms with Gasteiger partial charge in [-0.3, -0.25) is 0 Å². The van der Waals surface area contributed by atoms with Crippen LogP contribution in [0.4, 0.5) is 0 Å². The van der Waals surface area contributed by atoms with Gasteiger partial charge in [-0.15, -0.1) is 11.3 Å². The number of benzene rings is 1. The molecule has 0 aliphatic carbocycles. The monoisotopic (exact) mass is 262 g/mol. The molecule has 0 saturated heterocycles. The third-order valence-electron chi connectivity index (χ3n) is 2.51. The van der Waals surface area contributed by atoms with Crippen LogP contribution in [-0.2, 0) is 6.54 Å². The number of quaternary nitrogens is 1. The van der Waals surface area contributed by atoms with Crippen LogP contribution in [0.1, 0.15) is 16.1 Å². The highest BCUT2D eigenvalue weighted by Crippen LogP contribution is 2.26. The molecular formula is C13H14N2O2S. The number of thiazole rings is 1. The molecule has 0 saturated carbocycles. The number of carboxylic acid groups (broad SMARTS) is 1. The standard InChI is InChI=1S/C13H14N2O2S/c1-15(2)7-9-5-3-4-6-10(9)12-14-11(8-18-12)13(16)17/h3-6,8H,7H2,1-2H3,(H,16,17). The number of aromatic carboxylic acids is 1. The number of aromatic nitrogens is 1. The van der Waals surface area contributed by atoms with Gasteiger partial charge >= 0.3 is 0 Å². The van der Waals surface area contributed by atoms with Crippen molar-refractivity contribution in [1.29, 1.82) is 0 Å². The second-order valence-electron chi connectivity index (χ2n) is 4.37. The van der Waals surface area contributed by atoms with Crippen molar-refractivity contribution in [1.82, 2.24) is 4.98 Å². The highest BCUT2D eigenvalue weighted by atomic mass is 32.1. The second kappa shape index (κ2) is 5.29. The quantitative estimate of drug-likeness (QED) is 0.831. The Morgan fingerprint density at radius 2 is 2.11 bits per heavy atom. The van der Waals surface area contributed by atoms with E-state index in [1.54, 1.807) is 0 Å². The minimum absolute atomic E-state index is 0.00185. The van der Waals surface area contributed by atoms with Gasteiger partial charge in [0, 0.05) is 16.5 Å². The van der Waals surface area contributed by atoms with Gasteiger partial charge in [-0.1, -0.05) is 24.3 Å². The number of hydrogen-bond acceptors (Lipinski definition) is 4. The van der Waals surface area contributed by atoms with E-state index in [0.717, 1.165) is 22.7 Å². The predicted octanol–water partition coefficient (Wildman–Crippen LogP) is -0.182. The molecule has 0 fully saturated rings. The maximum Gasteiger partial charge on any atom is 0.124 e. The summed E-state index contributed by atoms with van der Waals surface area (Å²) in [5.41, 5.74) is 2.16. The molecule has 0 atom stereocenters. The molecule has 1 aromatic heterocycles. The van der Waals surface area contributed by atoms with Crippen LogP contribution in [0.5, 0.6) is 0 Å². The maximum absolute atomic E-state index is 10.7. The second-order valence-corrected chi connectivity index (χ2v) is 5.22. The van der Waals surface area contributed by atoms with Gasteiger partial charge in [-0.05, 0) is 0 Å². The number of nitrogens with one attached hydrogen (secondary N) is 1. The van der Waals surface area contributed by atoms with Gasteiger partial charge in [-0.2, -0.15) is 0 Å². The van der Waals surface area contributed by atoms with Crippen LogP contribution in [0, 0.1) is 0 Å². The van der Waals surface area contributed by atoms with Gasteiger partial charge in [0.2, 0.25) is 0 Å². The summed E-state index contributed by atoms with van der Waals surface area (Å²) in [5, 5.41) is 13.0. The molecule has 0 bridgehead atoms. The summed E-state index contributed by atoms with van der Waals surface area (Å²) in [6.07, 6.45) is 0. The number of carboxylic acids is 1. The molecule has 0 radical (unpaired) electrons. The van der Waals surface area contributed by atoms with Crippen LogP contribution in [0.15, 0.2) is 29.6 Å². The Hall–Kier alpha value is -1.72. The first-order chi connectivity index (χ1) is 8.58. The van der Waals surface area contributed by atoms with Crippen molar-refractivity contribution in [2.75, 3.05) is 14.1 Å². The summed E-state index contributed by atoms with van der Waals surface area (Å²) in [5.74, 6) is -1.23. The Kier molecular flexibility index (Phi) is 3.74. The molecule has 1 heterocycles. The summed E-state index contributed by atoms with van der Waals surface area (Å²) in [4.78, 5) is 16.1. The van der Waals surface area contributed by atoms with Crippen LogP contribution in [0.2, 0.25) is 0 Å². The van der Waals surface area contributed by atoms with Crippen molar-refractivity contribution in [2.24, 2.45) is 0 Å². The van der Waals surface area contributed by atoms with Gasteiger partial charge in [0.1, 0.15) is 11.6 Å². The number of carbonyl (C=O) groups is 1. The molecule has 18 heavy (non-hydrogen) atoms. The van der Waals surface area contributed by atoms with Crippen molar-refractivity contribution < 1.29 is 14.8 Å². The number of hydrogen-bond donors (Lipinski definition) is 1. The lowest BCUT2D eigenvalue weighted by molar-refractivity contribution is -0.872. The molecule has 0 spiro atoms. The lowest BCUT2D eigenvalue weighted by Crippen LogP contribution is -3.04. The minimum Gasteiger partial charge on any atom is -0.543 e. The van der Waals surface area contributed by atoms with Gasteiger partial charge in [0.15, 0.2) is 0 Å². The summed E-state index contributed by atoms with van der Waals surface area (Å²) in [6, 6.07) is 7.93. The van der Waals surface area contributed by atoms with Gasteiger partial charge < -0.3 is 14.8 Å². The van der Waals surface area contributed by atoms with E-state index in [-0.39, 0.29) is 5.69 Å². The molecule has 1 aromatic carbocycles. The molecule has 0 amide bonds. The summed E-state index contributed by atoms with van der Waals surface area (Å²) < 4.78 is 0. The van der Waals surface area contributed by atoms with Gasteiger partial charge in [-0.25, -0.2) is 4.98 Å². The molecule has 2 rings (SSSR count). The summed E-state index contributed by atoms with van der Waals surface area (Å²) >= 11 is 1.33. The van der Waals surface area contributed by atoms with E-state index in [4.69, 9.17) is 0 Å². The normalized spacial score (nSPS) is 10.8. The van der Waals surface area contributed by atoms with E-state index >= 15 is 0 Å². The van der Waals surface area contributed by atoms with Crippen LogP contribution in [0.25, 0.3) is 10.6 Å². The summed E-state index contributed by atoms with van der Waals surface area (Å²) in [7, 11) is 4.15. The minimum atomic E-state index is -1.23. The van der Waals surface area contributed by atoms with Crippen LogP contribution >= 0.6 is 11.3 Å². The highest BCUT2D eigenvalue weighted by molar-refractivity contribution is 7.13. The lowest BCUT2D eigenvalue weighted by Gasteiger charge is -2.10. The number of rotatable bonds is 4. The van der Waals surface area contributed by atoms with Crippen molar-refractivity contribution >= 4 is 17.3 Å². The third kappa shape index (κ3) is 2.75. The largest absolute Gasteiger partial charge is 0.543 e. The fourth-order valence-corrected chi connectivity index (χ4v) is 2.60. The van der Waals surface area contributed by atoms with E-state index < -0.39 is 5.97 Å². The topological polar surface area (TPSA) is 57.5 Å². The first kappa shape index (κ1) is 12.7. The molecule has 0 unspecified atom stereocenters. The Bertz CT molecular complexity index is 564. The zero-order valence-electron chi connectivity index (χ0n) is 10.3. The Morgan fingerprint density at radius 1 is 1.39 bits per heavy atom. The number of nitrogens with zero attached hydrogens (tertiary/aromatic N) is 1. The van der Waals surface area contributed by atoms with Crippen molar-refractivity contribution in [3.05, 3.63) is 40.9 Å². The average molecular weight is 262 g/mol. The fourth-order valence-electron chi connectivity index (χ4n) is 1.76. The maximum atomic E-state index is 10.7. The SMILES string of the molecule is C[NH+](C)Cc1ccccc1-c1nc(C(=O)[O-])cs1. The average Bonchev–Trinajstić information content (AvgIpc) is 2.78. The summed E-state index contributed by atoms with van der Waals surface area (Å²) in [6.45, 7) is 0.871. The van der Waals surface area contributed by atoms with Crippen LogP contribution < -0.4 is 10.0 Å². The van der Waals surface area contributed by atoms with E-state index in [1.807, 2.05) is 24.3 Å². The molecule has 4 nitrogen and oxygen atoms in total. The molecular weight excluding hydrogens is 248 g/mol. The first-order valence-electron chi connectivity index (χ1n) is 5.62. The lowest BCUT2D eigenvalue weighted by atomic mass is 10.1. The van der Waals surface area contributed by atoms with Crippen molar-refractivity contribution in [3.63, 3.8) is 0 Å². The highest BCUT2D eigenvalue weighted by Gasteiger charge is 2.11.